The highest BCUT2D eigenvalue weighted by Gasteiger charge is 2.51. The minimum Gasteiger partial charge on any atom is -0.389 e. The van der Waals surface area contributed by atoms with Crippen molar-refractivity contribution >= 4 is 11.6 Å². The number of aliphatic hydroxyl groups is 1. The second-order valence-corrected chi connectivity index (χ2v) is 5.70. The molecular weight excluding hydrogens is 262 g/mol. The maximum atomic E-state index is 12.6. The molecule has 1 unspecified atom stereocenters. The first-order valence-corrected chi connectivity index (χ1v) is 7.27. The van der Waals surface area contributed by atoms with Crippen LogP contribution in [-0.2, 0) is 10.2 Å². The normalized spacial score (nSPS) is 17.0. The lowest BCUT2D eigenvalue weighted by molar-refractivity contribution is -0.118. The molecule has 2 N–H and O–H groups in total. The van der Waals surface area contributed by atoms with Crippen LogP contribution in [0.3, 0.4) is 0 Å². The molecule has 1 aliphatic rings. The SMILES string of the molecule is CC(O)c1cccc(NC(=O)C2(c3ccccc3)CC2)c1. The number of hydrogen-bond donors (Lipinski definition) is 2. The molecule has 1 aliphatic carbocycles. The summed E-state index contributed by atoms with van der Waals surface area (Å²) in [6, 6.07) is 17.3. The molecule has 3 heteroatoms. The predicted octanol–water partition coefficient (Wildman–Crippen LogP) is 3.41. The lowest BCUT2D eigenvalue weighted by Gasteiger charge is -2.16. The number of amides is 1. The topological polar surface area (TPSA) is 49.3 Å². The fourth-order valence-electron chi connectivity index (χ4n) is 2.66. The fourth-order valence-corrected chi connectivity index (χ4v) is 2.66. The van der Waals surface area contributed by atoms with Crippen molar-refractivity contribution in [3.05, 3.63) is 65.7 Å². The highest BCUT2D eigenvalue weighted by atomic mass is 16.3. The largest absolute Gasteiger partial charge is 0.389 e. The van der Waals surface area contributed by atoms with E-state index in [2.05, 4.69) is 5.32 Å². The first-order valence-electron chi connectivity index (χ1n) is 7.27. The third-order valence-electron chi connectivity index (χ3n) is 4.14. The smallest absolute Gasteiger partial charge is 0.235 e. The average Bonchev–Trinajstić information content (AvgIpc) is 3.30. The van der Waals surface area contributed by atoms with Crippen molar-refractivity contribution in [2.75, 3.05) is 5.32 Å². The molecule has 0 heterocycles. The Kier molecular flexibility index (Phi) is 3.52. The van der Waals surface area contributed by atoms with E-state index in [1.165, 1.54) is 0 Å². The van der Waals surface area contributed by atoms with E-state index < -0.39 is 6.10 Å². The molecule has 1 saturated carbocycles. The number of aliphatic hydroxyl groups excluding tert-OH is 1. The third kappa shape index (κ3) is 2.69. The molecule has 0 spiro atoms. The van der Waals surface area contributed by atoms with Crippen LogP contribution in [0, 0.1) is 0 Å². The molecule has 3 rings (SSSR count). The zero-order valence-corrected chi connectivity index (χ0v) is 12.0. The molecule has 21 heavy (non-hydrogen) atoms. The molecule has 2 aromatic rings. The highest BCUT2D eigenvalue weighted by molar-refractivity contribution is 6.01. The maximum absolute atomic E-state index is 12.6. The molecule has 0 radical (unpaired) electrons. The lowest BCUT2D eigenvalue weighted by Crippen LogP contribution is -2.27. The van der Waals surface area contributed by atoms with E-state index in [0.717, 1.165) is 29.7 Å². The van der Waals surface area contributed by atoms with E-state index in [1.54, 1.807) is 6.92 Å². The van der Waals surface area contributed by atoms with Crippen LogP contribution in [0.2, 0.25) is 0 Å². The van der Waals surface area contributed by atoms with Crippen molar-refractivity contribution in [2.24, 2.45) is 0 Å². The van der Waals surface area contributed by atoms with Crippen molar-refractivity contribution < 1.29 is 9.90 Å². The standard InChI is InChI=1S/C18H19NO2/c1-13(20)14-6-5-9-16(12-14)19-17(21)18(10-11-18)15-7-3-2-4-8-15/h2-9,12-13,20H,10-11H2,1H3,(H,19,21). The van der Waals surface area contributed by atoms with Gasteiger partial charge in [-0.3, -0.25) is 4.79 Å². The Bertz CT molecular complexity index is 645. The molecular formula is C18H19NO2. The van der Waals surface area contributed by atoms with Crippen molar-refractivity contribution in [3.8, 4) is 0 Å². The third-order valence-corrected chi connectivity index (χ3v) is 4.14. The minimum absolute atomic E-state index is 0.0384. The second kappa shape index (κ2) is 5.34. The molecule has 0 aliphatic heterocycles. The highest BCUT2D eigenvalue weighted by Crippen LogP contribution is 2.48. The van der Waals surface area contributed by atoms with E-state index in [-0.39, 0.29) is 11.3 Å². The molecule has 0 aromatic heterocycles. The number of carbonyl (C=O) groups is 1. The van der Waals surface area contributed by atoms with Gasteiger partial charge in [-0.25, -0.2) is 0 Å². The Morgan fingerprint density at radius 2 is 1.86 bits per heavy atom. The van der Waals surface area contributed by atoms with Gasteiger partial charge in [0.2, 0.25) is 5.91 Å². The number of benzene rings is 2. The van der Waals surface area contributed by atoms with Gasteiger partial charge in [0.15, 0.2) is 0 Å². The zero-order chi connectivity index (χ0) is 14.9. The van der Waals surface area contributed by atoms with Crippen LogP contribution in [0.5, 0.6) is 0 Å². The van der Waals surface area contributed by atoms with Gasteiger partial charge in [-0.1, -0.05) is 42.5 Å². The summed E-state index contributed by atoms with van der Waals surface area (Å²) in [5.74, 6) is 0.0384. The quantitative estimate of drug-likeness (QED) is 0.902. The van der Waals surface area contributed by atoms with Crippen LogP contribution in [0.1, 0.15) is 37.0 Å². The van der Waals surface area contributed by atoms with Crippen molar-refractivity contribution in [2.45, 2.75) is 31.3 Å². The van der Waals surface area contributed by atoms with Crippen molar-refractivity contribution in [1.29, 1.82) is 0 Å². The monoisotopic (exact) mass is 281 g/mol. The number of anilines is 1. The van der Waals surface area contributed by atoms with Gasteiger partial charge in [-0.15, -0.1) is 0 Å². The Morgan fingerprint density at radius 3 is 2.48 bits per heavy atom. The van der Waals surface area contributed by atoms with E-state index in [0.29, 0.717) is 0 Å². The summed E-state index contributed by atoms with van der Waals surface area (Å²) in [5.41, 5.74) is 2.24. The second-order valence-electron chi connectivity index (χ2n) is 5.70. The molecule has 1 atom stereocenters. The van der Waals surface area contributed by atoms with E-state index in [1.807, 2.05) is 54.6 Å². The van der Waals surface area contributed by atoms with Gasteiger partial charge in [0.1, 0.15) is 0 Å². The first-order chi connectivity index (χ1) is 10.1. The molecule has 2 aromatic carbocycles. The molecule has 1 fully saturated rings. The van der Waals surface area contributed by atoms with Crippen LogP contribution in [0.15, 0.2) is 54.6 Å². The van der Waals surface area contributed by atoms with Crippen LogP contribution < -0.4 is 5.32 Å². The van der Waals surface area contributed by atoms with E-state index in [9.17, 15) is 9.90 Å². The molecule has 0 bridgehead atoms. The van der Waals surface area contributed by atoms with Crippen LogP contribution in [0.4, 0.5) is 5.69 Å². The lowest BCUT2D eigenvalue weighted by atomic mass is 9.95. The molecule has 108 valence electrons. The van der Waals surface area contributed by atoms with Gasteiger partial charge >= 0.3 is 0 Å². The average molecular weight is 281 g/mol. The van der Waals surface area contributed by atoms with E-state index in [4.69, 9.17) is 0 Å². The van der Waals surface area contributed by atoms with Crippen LogP contribution in [-0.4, -0.2) is 11.0 Å². The summed E-state index contributed by atoms with van der Waals surface area (Å²) in [6.45, 7) is 1.72. The summed E-state index contributed by atoms with van der Waals surface area (Å²) < 4.78 is 0. The maximum Gasteiger partial charge on any atom is 0.235 e. The predicted molar refractivity (Wildman–Crippen MR) is 83.1 cm³/mol. The number of hydrogen-bond acceptors (Lipinski definition) is 2. The summed E-state index contributed by atoms with van der Waals surface area (Å²) in [4.78, 5) is 12.6. The number of rotatable bonds is 4. The number of nitrogens with one attached hydrogen (secondary N) is 1. The Balaban J connectivity index is 1.80. The first kappa shape index (κ1) is 13.8. The molecule has 3 nitrogen and oxygen atoms in total. The number of carbonyl (C=O) groups excluding carboxylic acids is 1. The Labute approximate surface area is 124 Å². The Morgan fingerprint density at radius 1 is 1.14 bits per heavy atom. The van der Waals surface area contributed by atoms with Gasteiger partial charge in [0.05, 0.1) is 11.5 Å². The van der Waals surface area contributed by atoms with Gasteiger partial charge in [-0.2, -0.15) is 0 Å². The van der Waals surface area contributed by atoms with Crippen molar-refractivity contribution in [1.82, 2.24) is 0 Å². The minimum atomic E-state index is -0.536. The van der Waals surface area contributed by atoms with Crippen LogP contribution in [0.25, 0.3) is 0 Å². The van der Waals surface area contributed by atoms with Gasteiger partial charge in [0, 0.05) is 5.69 Å². The summed E-state index contributed by atoms with van der Waals surface area (Å²) >= 11 is 0. The van der Waals surface area contributed by atoms with Crippen LogP contribution >= 0.6 is 0 Å². The van der Waals surface area contributed by atoms with Gasteiger partial charge in [-0.05, 0) is 43.0 Å². The Hall–Kier alpha value is -2.13. The van der Waals surface area contributed by atoms with Gasteiger partial charge in [0.25, 0.3) is 0 Å². The summed E-state index contributed by atoms with van der Waals surface area (Å²) in [6.07, 6.45) is 1.24. The molecule has 1 amide bonds. The van der Waals surface area contributed by atoms with E-state index >= 15 is 0 Å². The summed E-state index contributed by atoms with van der Waals surface area (Å²) in [7, 11) is 0. The molecule has 0 saturated heterocycles. The zero-order valence-electron chi connectivity index (χ0n) is 12.0. The fraction of sp³-hybridized carbons (Fsp3) is 0.278. The van der Waals surface area contributed by atoms with Gasteiger partial charge < -0.3 is 10.4 Å². The summed E-state index contributed by atoms with van der Waals surface area (Å²) in [5, 5.41) is 12.6. The van der Waals surface area contributed by atoms with Crippen molar-refractivity contribution in [3.63, 3.8) is 0 Å².